The summed E-state index contributed by atoms with van der Waals surface area (Å²) in [6.45, 7) is 3.20. The smallest absolute Gasteiger partial charge is 0.200 e. The lowest BCUT2D eigenvalue weighted by molar-refractivity contribution is 0.0808. The quantitative estimate of drug-likeness (QED) is 0.840. The molecule has 0 saturated heterocycles. The fourth-order valence-corrected chi connectivity index (χ4v) is 1.37. The van der Waals surface area contributed by atoms with Crippen molar-refractivity contribution in [1.82, 2.24) is 0 Å². The van der Waals surface area contributed by atoms with Gasteiger partial charge in [0, 0.05) is 6.42 Å². The molecule has 4 heteroatoms. The summed E-state index contributed by atoms with van der Waals surface area (Å²) in [7, 11) is 1.27. The van der Waals surface area contributed by atoms with E-state index in [2.05, 4.69) is 4.74 Å². The Balaban J connectivity index is 3.06. The Morgan fingerprint density at radius 2 is 1.93 bits per heavy atom. The first-order chi connectivity index (χ1) is 6.83. The molecule has 2 nitrogen and oxygen atoms in total. The van der Waals surface area contributed by atoms with Gasteiger partial charge in [0.2, 0.25) is 5.82 Å². The molecule has 1 rings (SSSR count). The second-order valence-electron chi connectivity index (χ2n) is 4.08. The Kier molecular flexibility index (Phi) is 3.29. The highest BCUT2D eigenvalue weighted by molar-refractivity contribution is 5.32. The van der Waals surface area contributed by atoms with E-state index in [1.807, 2.05) is 0 Å². The maximum atomic E-state index is 13.1. The summed E-state index contributed by atoms with van der Waals surface area (Å²) >= 11 is 0. The van der Waals surface area contributed by atoms with Crippen molar-refractivity contribution in [3.63, 3.8) is 0 Å². The van der Waals surface area contributed by atoms with E-state index >= 15 is 0 Å². The molecule has 0 aliphatic carbocycles. The number of hydrogen-bond donors (Lipinski definition) is 1. The minimum absolute atomic E-state index is 0.144. The van der Waals surface area contributed by atoms with E-state index in [9.17, 15) is 13.9 Å². The van der Waals surface area contributed by atoms with Gasteiger partial charge in [-0.2, -0.15) is 4.39 Å². The fraction of sp³-hybridized carbons (Fsp3) is 0.455. The highest BCUT2D eigenvalue weighted by Crippen LogP contribution is 2.24. The Morgan fingerprint density at radius 3 is 2.40 bits per heavy atom. The van der Waals surface area contributed by atoms with Crippen LogP contribution in [0.3, 0.4) is 0 Å². The van der Waals surface area contributed by atoms with E-state index in [4.69, 9.17) is 0 Å². The summed E-state index contributed by atoms with van der Waals surface area (Å²) in [5.41, 5.74) is -0.465. The summed E-state index contributed by atoms with van der Waals surface area (Å²) in [6.07, 6.45) is 0.237. The van der Waals surface area contributed by atoms with E-state index in [0.717, 1.165) is 6.07 Å². The minimum atomic E-state index is -1.00. The molecular formula is C11H14F2O2. The molecule has 1 N–H and O–H groups in total. The molecule has 84 valence electrons. The van der Waals surface area contributed by atoms with Crippen molar-refractivity contribution in [2.75, 3.05) is 7.11 Å². The lowest BCUT2D eigenvalue weighted by atomic mass is 9.98. The van der Waals surface area contributed by atoms with Crippen molar-refractivity contribution in [3.8, 4) is 5.75 Å². The number of rotatable bonds is 3. The van der Waals surface area contributed by atoms with Crippen LogP contribution in [0.2, 0.25) is 0 Å². The fourth-order valence-electron chi connectivity index (χ4n) is 1.37. The average molecular weight is 216 g/mol. The van der Waals surface area contributed by atoms with Gasteiger partial charge >= 0.3 is 0 Å². The Labute approximate surface area is 87.5 Å². The number of halogens is 2. The van der Waals surface area contributed by atoms with Crippen LogP contribution in [0.4, 0.5) is 8.78 Å². The van der Waals surface area contributed by atoms with Crippen LogP contribution in [0.1, 0.15) is 19.4 Å². The van der Waals surface area contributed by atoms with Crippen molar-refractivity contribution in [3.05, 3.63) is 29.3 Å². The topological polar surface area (TPSA) is 29.5 Å². The standard InChI is InChI=1S/C11H14F2O2/c1-11(2,14)6-7-4-8(12)10(13)9(5-7)15-3/h4-5,14H,6H2,1-3H3. The largest absolute Gasteiger partial charge is 0.494 e. The third-order valence-corrected chi connectivity index (χ3v) is 1.91. The molecule has 1 aromatic rings. The van der Waals surface area contributed by atoms with Gasteiger partial charge in [0.05, 0.1) is 12.7 Å². The molecule has 0 radical (unpaired) electrons. The predicted molar refractivity (Wildman–Crippen MR) is 52.9 cm³/mol. The van der Waals surface area contributed by atoms with E-state index in [1.54, 1.807) is 13.8 Å². The van der Waals surface area contributed by atoms with E-state index in [0.29, 0.717) is 5.56 Å². The van der Waals surface area contributed by atoms with Gasteiger partial charge in [-0.15, -0.1) is 0 Å². The van der Waals surface area contributed by atoms with Crippen LogP contribution < -0.4 is 4.74 Å². The van der Waals surface area contributed by atoms with Crippen LogP contribution >= 0.6 is 0 Å². The van der Waals surface area contributed by atoms with Crippen molar-refractivity contribution >= 4 is 0 Å². The predicted octanol–water partition coefficient (Wildman–Crippen LogP) is 2.29. The van der Waals surface area contributed by atoms with E-state index < -0.39 is 17.2 Å². The SMILES string of the molecule is COc1cc(CC(C)(C)O)cc(F)c1F. The molecule has 0 aliphatic rings. The summed E-state index contributed by atoms with van der Waals surface area (Å²) < 4.78 is 30.8. The highest BCUT2D eigenvalue weighted by Gasteiger charge is 2.17. The van der Waals surface area contributed by atoms with Crippen LogP contribution in [0.5, 0.6) is 5.75 Å². The number of aliphatic hydroxyl groups is 1. The van der Waals surface area contributed by atoms with Crippen molar-refractivity contribution in [1.29, 1.82) is 0 Å². The number of methoxy groups -OCH3 is 1. The number of ether oxygens (including phenoxy) is 1. The van der Waals surface area contributed by atoms with Gasteiger partial charge in [-0.05, 0) is 31.5 Å². The molecule has 0 atom stereocenters. The number of benzene rings is 1. The summed E-state index contributed by atoms with van der Waals surface area (Å²) in [5.74, 6) is -2.11. The molecule has 0 aliphatic heterocycles. The maximum absolute atomic E-state index is 13.1. The zero-order valence-corrected chi connectivity index (χ0v) is 8.97. The molecule has 0 bridgehead atoms. The molecule has 0 aromatic heterocycles. The zero-order valence-electron chi connectivity index (χ0n) is 8.97. The van der Waals surface area contributed by atoms with Gasteiger partial charge in [0.15, 0.2) is 11.6 Å². The van der Waals surface area contributed by atoms with Gasteiger partial charge in [-0.25, -0.2) is 4.39 Å². The molecule has 1 aromatic carbocycles. The molecule has 0 unspecified atom stereocenters. The summed E-state index contributed by atoms with van der Waals surface area (Å²) in [4.78, 5) is 0. The van der Waals surface area contributed by atoms with Gasteiger partial charge in [0.25, 0.3) is 0 Å². The second-order valence-corrected chi connectivity index (χ2v) is 4.08. The molecule has 0 heterocycles. The highest BCUT2D eigenvalue weighted by atomic mass is 19.2. The van der Waals surface area contributed by atoms with Crippen LogP contribution in [0.15, 0.2) is 12.1 Å². The Morgan fingerprint density at radius 1 is 1.33 bits per heavy atom. The van der Waals surface area contributed by atoms with Crippen LogP contribution in [0, 0.1) is 11.6 Å². The third-order valence-electron chi connectivity index (χ3n) is 1.91. The lowest BCUT2D eigenvalue weighted by Gasteiger charge is -2.17. The monoisotopic (exact) mass is 216 g/mol. The molecule has 15 heavy (non-hydrogen) atoms. The van der Waals surface area contributed by atoms with Gasteiger partial charge in [0.1, 0.15) is 0 Å². The Bertz CT molecular complexity index is 356. The molecule has 0 spiro atoms. The minimum Gasteiger partial charge on any atom is -0.494 e. The van der Waals surface area contributed by atoms with E-state index in [-0.39, 0.29) is 12.2 Å². The molecule has 0 fully saturated rings. The summed E-state index contributed by atoms with van der Waals surface area (Å²) in [6, 6.07) is 2.45. The maximum Gasteiger partial charge on any atom is 0.200 e. The second kappa shape index (κ2) is 4.14. The van der Waals surface area contributed by atoms with Crippen molar-refractivity contribution in [2.24, 2.45) is 0 Å². The summed E-state index contributed by atoms with van der Waals surface area (Å²) in [5, 5.41) is 9.54. The van der Waals surface area contributed by atoms with Crippen molar-refractivity contribution < 1.29 is 18.6 Å². The Hall–Kier alpha value is -1.16. The first-order valence-corrected chi connectivity index (χ1v) is 4.58. The first kappa shape index (κ1) is 11.9. The van der Waals surface area contributed by atoms with E-state index in [1.165, 1.54) is 13.2 Å². The van der Waals surface area contributed by atoms with Gasteiger partial charge in [-0.1, -0.05) is 0 Å². The van der Waals surface area contributed by atoms with Crippen LogP contribution in [-0.2, 0) is 6.42 Å². The third kappa shape index (κ3) is 3.16. The molecule has 0 saturated carbocycles. The normalized spacial score (nSPS) is 11.6. The molecular weight excluding hydrogens is 202 g/mol. The van der Waals surface area contributed by atoms with Crippen molar-refractivity contribution in [2.45, 2.75) is 25.9 Å². The lowest BCUT2D eigenvalue weighted by Crippen LogP contribution is -2.22. The zero-order chi connectivity index (χ0) is 11.6. The van der Waals surface area contributed by atoms with Gasteiger partial charge in [-0.3, -0.25) is 0 Å². The average Bonchev–Trinajstić information content (AvgIpc) is 2.08. The first-order valence-electron chi connectivity index (χ1n) is 4.58. The molecule has 0 amide bonds. The number of hydrogen-bond acceptors (Lipinski definition) is 2. The van der Waals surface area contributed by atoms with Crippen LogP contribution in [-0.4, -0.2) is 17.8 Å². The van der Waals surface area contributed by atoms with Gasteiger partial charge < -0.3 is 9.84 Å². The van der Waals surface area contributed by atoms with Crippen LogP contribution in [0.25, 0.3) is 0 Å².